The van der Waals surface area contributed by atoms with Crippen LogP contribution in [0.4, 0.5) is 17.2 Å². The van der Waals surface area contributed by atoms with Gasteiger partial charge in [-0.2, -0.15) is 5.10 Å². The third-order valence-electron chi connectivity index (χ3n) is 6.30. The van der Waals surface area contributed by atoms with Gasteiger partial charge in [-0.15, -0.1) is 0 Å². The third kappa shape index (κ3) is 6.59. The number of nitrogen functional groups attached to an aromatic ring is 1. The summed E-state index contributed by atoms with van der Waals surface area (Å²) in [6, 6.07) is 19.7. The summed E-state index contributed by atoms with van der Waals surface area (Å²) in [5, 5.41) is 11.1. The topological polar surface area (TPSA) is 99.5 Å². The molecule has 4 aromatic rings. The minimum absolute atomic E-state index is 0.289. The SMILES string of the molecule is CCOc1cccc(Cc2ccc3[nH]nc(NC(=O)c4ccc(N(C)CCCN(C)C)cc4N)c3c2)c1. The molecular weight excluding hydrogens is 464 g/mol. The smallest absolute Gasteiger partial charge is 0.258 e. The van der Waals surface area contributed by atoms with Crippen LogP contribution in [0.15, 0.2) is 60.7 Å². The molecule has 1 aromatic heterocycles. The summed E-state index contributed by atoms with van der Waals surface area (Å²) >= 11 is 0. The van der Waals surface area contributed by atoms with Gasteiger partial charge in [0.2, 0.25) is 0 Å². The largest absolute Gasteiger partial charge is 0.494 e. The van der Waals surface area contributed by atoms with E-state index < -0.39 is 0 Å². The maximum Gasteiger partial charge on any atom is 0.258 e. The van der Waals surface area contributed by atoms with Crippen molar-refractivity contribution in [3.63, 3.8) is 0 Å². The van der Waals surface area contributed by atoms with Crippen molar-refractivity contribution in [1.29, 1.82) is 0 Å². The van der Waals surface area contributed by atoms with Crippen LogP contribution in [0.2, 0.25) is 0 Å². The van der Waals surface area contributed by atoms with Gasteiger partial charge < -0.3 is 25.6 Å². The van der Waals surface area contributed by atoms with Crippen molar-refractivity contribution in [2.75, 3.05) is 56.8 Å². The Labute approximate surface area is 218 Å². The average molecular weight is 501 g/mol. The Morgan fingerprint density at radius 3 is 2.59 bits per heavy atom. The zero-order chi connectivity index (χ0) is 26.4. The lowest BCUT2D eigenvalue weighted by molar-refractivity contribution is 0.102. The zero-order valence-electron chi connectivity index (χ0n) is 22.0. The Bertz CT molecular complexity index is 1360. The molecule has 0 aliphatic carbocycles. The van der Waals surface area contributed by atoms with E-state index in [4.69, 9.17) is 10.5 Å². The number of nitrogens with two attached hydrogens (primary N) is 1. The van der Waals surface area contributed by atoms with Crippen molar-refractivity contribution in [2.24, 2.45) is 0 Å². The highest BCUT2D eigenvalue weighted by Crippen LogP contribution is 2.26. The van der Waals surface area contributed by atoms with Crippen molar-refractivity contribution >= 4 is 34.0 Å². The fourth-order valence-corrected chi connectivity index (χ4v) is 4.34. The molecule has 37 heavy (non-hydrogen) atoms. The quantitative estimate of drug-likeness (QED) is 0.257. The lowest BCUT2D eigenvalue weighted by Crippen LogP contribution is -2.23. The number of aromatic nitrogens is 2. The van der Waals surface area contributed by atoms with Crippen LogP contribution in [0.5, 0.6) is 5.75 Å². The molecule has 0 aliphatic rings. The number of aromatic amines is 1. The number of hydrogen-bond donors (Lipinski definition) is 3. The van der Waals surface area contributed by atoms with Gasteiger partial charge in [0, 0.05) is 30.4 Å². The molecule has 8 heteroatoms. The highest BCUT2D eigenvalue weighted by atomic mass is 16.5. The number of carbonyl (C=O) groups is 1. The molecule has 4 N–H and O–H groups in total. The number of ether oxygens (including phenoxy) is 1. The standard InChI is InChI=1S/C29H36N6O2/c1-5-37-23-9-6-8-20(17-23)16-21-10-13-27-25(18-21)28(33-32-27)31-29(36)24-12-11-22(19-26(24)30)35(4)15-7-14-34(2)3/h6,8-13,17-19H,5,7,14-16,30H2,1-4H3,(H2,31,32,33,36). The van der Waals surface area contributed by atoms with Gasteiger partial charge >= 0.3 is 0 Å². The molecule has 4 rings (SSSR count). The molecule has 0 bridgehead atoms. The van der Waals surface area contributed by atoms with Gasteiger partial charge in [-0.25, -0.2) is 0 Å². The molecule has 194 valence electrons. The van der Waals surface area contributed by atoms with Crippen molar-refractivity contribution in [1.82, 2.24) is 15.1 Å². The van der Waals surface area contributed by atoms with Crippen LogP contribution in [0.3, 0.4) is 0 Å². The summed E-state index contributed by atoms with van der Waals surface area (Å²) in [6.45, 7) is 4.53. The molecule has 0 aliphatic heterocycles. The van der Waals surface area contributed by atoms with Crippen molar-refractivity contribution in [3.8, 4) is 5.75 Å². The van der Waals surface area contributed by atoms with E-state index in [2.05, 4.69) is 63.7 Å². The molecule has 3 aromatic carbocycles. The number of H-pyrrole nitrogens is 1. The van der Waals surface area contributed by atoms with Gasteiger partial charge in [-0.1, -0.05) is 18.2 Å². The Kier molecular flexibility index (Phi) is 8.30. The molecule has 0 saturated carbocycles. The van der Waals surface area contributed by atoms with Crippen LogP contribution in [0.1, 0.15) is 34.8 Å². The lowest BCUT2D eigenvalue weighted by Gasteiger charge is -2.21. The number of amides is 1. The summed E-state index contributed by atoms with van der Waals surface area (Å²) in [6.07, 6.45) is 1.78. The Morgan fingerprint density at radius 2 is 1.84 bits per heavy atom. The second-order valence-electron chi connectivity index (χ2n) is 9.51. The van der Waals surface area contributed by atoms with Gasteiger partial charge in [0.05, 0.1) is 17.7 Å². The van der Waals surface area contributed by atoms with E-state index in [-0.39, 0.29) is 5.91 Å². The first kappa shape index (κ1) is 26.0. The molecule has 1 heterocycles. The number of nitrogens with one attached hydrogen (secondary N) is 2. The molecule has 0 saturated heterocycles. The summed E-state index contributed by atoms with van der Waals surface area (Å²) in [5.74, 6) is 1.05. The average Bonchev–Trinajstić information content (AvgIpc) is 3.26. The second kappa shape index (κ2) is 11.8. The predicted molar refractivity (Wildman–Crippen MR) is 152 cm³/mol. The first-order chi connectivity index (χ1) is 17.8. The van der Waals surface area contributed by atoms with Crippen molar-refractivity contribution in [3.05, 3.63) is 77.4 Å². The highest BCUT2D eigenvalue weighted by Gasteiger charge is 2.15. The second-order valence-corrected chi connectivity index (χ2v) is 9.51. The minimum atomic E-state index is -0.289. The van der Waals surface area contributed by atoms with Gasteiger partial charge in [0.1, 0.15) is 5.75 Å². The first-order valence-corrected chi connectivity index (χ1v) is 12.6. The van der Waals surface area contributed by atoms with E-state index in [1.165, 1.54) is 0 Å². The van der Waals surface area contributed by atoms with E-state index in [1.807, 2.05) is 44.3 Å². The number of hydrogen-bond acceptors (Lipinski definition) is 6. The first-order valence-electron chi connectivity index (χ1n) is 12.6. The number of anilines is 3. The van der Waals surface area contributed by atoms with Crippen LogP contribution in [-0.2, 0) is 6.42 Å². The molecule has 0 radical (unpaired) electrons. The number of benzene rings is 3. The van der Waals surface area contributed by atoms with E-state index in [0.29, 0.717) is 23.7 Å². The van der Waals surface area contributed by atoms with Gasteiger partial charge in [-0.3, -0.25) is 9.89 Å². The van der Waals surface area contributed by atoms with E-state index >= 15 is 0 Å². The minimum Gasteiger partial charge on any atom is -0.494 e. The highest BCUT2D eigenvalue weighted by molar-refractivity contribution is 6.10. The predicted octanol–water partition coefficient (Wildman–Crippen LogP) is 4.77. The summed E-state index contributed by atoms with van der Waals surface area (Å²) < 4.78 is 5.63. The molecular formula is C29H36N6O2. The Morgan fingerprint density at radius 1 is 1.03 bits per heavy atom. The lowest BCUT2D eigenvalue weighted by atomic mass is 10.0. The number of carbonyl (C=O) groups excluding carboxylic acids is 1. The van der Waals surface area contributed by atoms with Crippen LogP contribution in [0.25, 0.3) is 10.9 Å². The number of nitrogens with zero attached hydrogens (tertiary/aromatic N) is 3. The number of fused-ring (bicyclic) bond motifs is 1. The van der Waals surface area contributed by atoms with Crippen LogP contribution >= 0.6 is 0 Å². The van der Waals surface area contributed by atoms with Crippen molar-refractivity contribution in [2.45, 2.75) is 19.8 Å². The summed E-state index contributed by atoms with van der Waals surface area (Å²) in [7, 11) is 6.16. The van der Waals surface area contributed by atoms with E-state index in [1.54, 1.807) is 6.07 Å². The van der Waals surface area contributed by atoms with Gasteiger partial charge in [0.25, 0.3) is 5.91 Å². The molecule has 0 atom stereocenters. The maximum absolute atomic E-state index is 13.1. The summed E-state index contributed by atoms with van der Waals surface area (Å²) in [4.78, 5) is 17.4. The van der Waals surface area contributed by atoms with E-state index in [9.17, 15) is 4.79 Å². The normalized spacial score (nSPS) is 11.2. The molecule has 8 nitrogen and oxygen atoms in total. The van der Waals surface area contributed by atoms with Crippen LogP contribution < -0.4 is 20.7 Å². The van der Waals surface area contributed by atoms with E-state index in [0.717, 1.165) is 59.4 Å². The molecule has 0 spiro atoms. The fourth-order valence-electron chi connectivity index (χ4n) is 4.34. The van der Waals surface area contributed by atoms with Crippen LogP contribution in [-0.4, -0.2) is 61.8 Å². The molecule has 0 fully saturated rings. The Hall–Kier alpha value is -4.04. The third-order valence-corrected chi connectivity index (χ3v) is 6.30. The molecule has 1 amide bonds. The van der Waals surface area contributed by atoms with Gasteiger partial charge in [-0.05, 0) is 94.0 Å². The monoisotopic (exact) mass is 500 g/mol. The zero-order valence-corrected chi connectivity index (χ0v) is 22.0. The van der Waals surface area contributed by atoms with Crippen LogP contribution in [0, 0.1) is 0 Å². The van der Waals surface area contributed by atoms with Crippen molar-refractivity contribution < 1.29 is 9.53 Å². The molecule has 0 unspecified atom stereocenters. The summed E-state index contributed by atoms with van der Waals surface area (Å²) in [5.41, 5.74) is 11.2. The Balaban J connectivity index is 1.47. The maximum atomic E-state index is 13.1. The van der Waals surface area contributed by atoms with Gasteiger partial charge in [0.15, 0.2) is 5.82 Å². The number of rotatable bonds is 11. The fraction of sp³-hybridized carbons (Fsp3) is 0.310.